The van der Waals surface area contributed by atoms with Crippen LogP contribution in [-0.2, 0) is 9.53 Å². The molecular formula is C11H11FO2. The van der Waals surface area contributed by atoms with Crippen LogP contribution in [0.4, 0.5) is 4.39 Å². The zero-order valence-electron chi connectivity index (χ0n) is 8.08. The van der Waals surface area contributed by atoms with Gasteiger partial charge in [-0.25, -0.2) is 9.18 Å². The Morgan fingerprint density at radius 2 is 2.07 bits per heavy atom. The number of ether oxygens (including phenoxy) is 1. The van der Waals surface area contributed by atoms with Crippen LogP contribution in [0.15, 0.2) is 29.8 Å². The summed E-state index contributed by atoms with van der Waals surface area (Å²) in [5.41, 5.74) is 0.757. The molecule has 74 valence electrons. The minimum Gasteiger partial charge on any atom is -0.466 e. The Bertz CT molecular complexity index is 369. The second kappa shape index (κ2) is 4.56. The SMILES string of the molecule is COC(=O)/C(C)=C/c1ccccc1F. The van der Waals surface area contributed by atoms with Gasteiger partial charge in [0.05, 0.1) is 7.11 Å². The van der Waals surface area contributed by atoms with Crippen molar-refractivity contribution >= 4 is 12.0 Å². The topological polar surface area (TPSA) is 26.3 Å². The lowest BCUT2D eigenvalue weighted by atomic mass is 10.1. The third-order valence-corrected chi connectivity index (χ3v) is 1.78. The van der Waals surface area contributed by atoms with Crippen molar-refractivity contribution in [3.63, 3.8) is 0 Å². The normalized spacial score (nSPS) is 11.2. The maximum absolute atomic E-state index is 13.1. The molecule has 0 aliphatic rings. The lowest BCUT2D eigenvalue weighted by Crippen LogP contribution is -2.01. The van der Waals surface area contributed by atoms with E-state index >= 15 is 0 Å². The fraction of sp³-hybridized carbons (Fsp3) is 0.182. The van der Waals surface area contributed by atoms with Crippen molar-refractivity contribution in [2.24, 2.45) is 0 Å². The third kappa shape index (κ3) is 2.42. The van der Waals surface area contributed by atoms with Crippen molar-refractivity contribution in [2.45, 2.75) is 6.92 Å². The van der Waals surface area contributed by atoms with E-state index in [0.717, 1.165) is 0 Å². The molecule has 0 N–H and O–H groups in total. The summed E-state index contributed by atoms with van der Waals surface area (Å²) in [5.74, 6) is -0.802. The molecule has 0 unspecified atom stereocenters. The Hall–Kier alpha value is -1.64. The lowest BCUT2D eigenvalue weighted by Gasteiger charge is -1.99. The fourth-order valence-corrected chi connectivity index (χ4v) is 1.05. The summed E-state index contributed by atoms with van der Waals surface area (Å²) in [6.45, 7) is 1.58. The van der Waals surface area contributed by atoms with E-state index in [1.165, 1.54) is 19.3 Å². The van der Waals surface area contributed by atoms with E-state index < -0.39 is 5.97 Å². The Morgan fingerprint density at radius 3 is 2.64 bits per heavy atom. The first kappa shape index (κ1) is 10.4. The number of halogens is 1. The van der Waals surface area contributed by atoms with Gasteiger partial charge in [-0.1, -0.05) is 18.2 Å². The maximum Gasteiger partial charge on any atom is 0.333 e. The van der Waals surface area contributed by atoms with E-state index in [1.807, 2.05) is 0 Å². The zero-order chi connectivity index (χ0) is 10.6. The molecule has 0 bridgehead atoms. The van der Waals surface area contributed by atoms with Crippen LogP contribution in [0.1, 0.15) is 12.5 Å². The molecule has 14 heavy (non-hydrogen) atoms. The first-order valence-corrected chi connectivity index (χ1v) is 4.16. The summed E-state index contributed by atoms with van der Waals surface area (Å²) in [5, 5.41) is 0. The summed E-state index contributed by atoms with van der Waals surface area (Å²) < 4.78 is 17.6. The third-order valence-electron chi connectivity index (χ3n) is 1.78. The van der Waals surface area contributed by atoms with E-state index in [-0.39, 0.29) is 5.82 Å². The Labute approximate surface area is 82.0 Å². The highest BCUT2D eigenvalue weighted by atomic mass is 19.1. The van der Waals surface area contributed by atoms with E-state index in [9.17, 15) is 9.18 Å². The highest BCUT2D eigenvalue weighted by Gasteiger charge is 2.04. The minimum atomic E-state index is -0.451. The summed E-state index contributed by atoms with van der Waals surface area (Å²) >= 11 is 0. The van der Waals surface area contributed by atoms with Crippen LogP contribution in [0.5, 0.6) is 0 Å². The van der Waals surface area contributed by atoms with Crippen LogP contribution in [0.3, 0.4) is 0 Å². The molecule has 1 aromatic carbocycles. The van der Waals surface area contributed by atoms with Gasteiger partial charge in [0, 0.05) is 11.1 Å². The van der Waals surface area contributed by atoms with Gasteiger partial charge in [0.25, 0.3) is 0 Å². The Morgan fingerprint density at radius 1 is 1.43 bits per heavy atom. The van der Waals surface area contributed by atoms with Gasteiger partial charge in [0.1, 0.15) is 5.82 Å². The van der Waals surface area contributed by atoms with E-state index in [4.69, 9.17) is 0 Å². The highest BCUT2D eigenvalue weighted by Crippen LogP contribution is 2.11. The van der Waals surface area contributed by atoms with E-state index in [0.29, 0.717) is 11.1 Å². The van der Waals surface area contributed by atoms with Crippen molar-refractivity contribution in [1.29, 1.82) is 0 Å². The van der Waals surface area contributed by atoms with E-state index in [1.54, 1.807) is 25.1 Å². The molecule has 0 heterocycles. The number of carbonyl (C=O) groups is 1. The molecule has 0 amide bonds. The lowest BCUT2D eigenvalue weighted by molar-refractivity contribution is -0.135. The predicted octanol–water partition coefficient (Wildman–Crippen LogP) is 2.40. The molecule has 0 atom stereocenters. The number of hydrogen-bond acceptors (Lipinski definition) is 2. The first-order valence-electron chi connectivity index (χ1n) is 4.16. The van der Waals surface area contributed by atoms with Gasteiger partial charge in [0.2, 0.25) is 0 Å². The van der Waals surface area contributed by atoms with Crippen LogP contribution in [-0.4, -0.2) is 13.1 Å². The number of rotatable bonds is 2. The minimum absolute atomic E-state index is 0.351. The van der Waals surface area contributed by atoms with Gasteiger partial charge >= 0.3 is 5.97 Å². The fourth-order valence-electron chi connectivity index (χ4n) is 1.05. The average Bonchev–Trinajstić information content (AvgIpc) is 2.20. The quantitative estimate of drug-likeness (QED) is 0.533. The van der Waals surface area contributed by atoms with Crippen molar-refractivity contribution in [3.05, 3.63) is 41.2 Å². The molecule has 0 radical (unpaired) electrons. The van der Waals surface area contributed by atoms with Gasteiger partial charge < -0.3 is 4.74 Å². The van der Waals surface area contributed by atoms with Crippen LogP contribution >= 0.6 is 0 Å². The Kier molecular flexibility index (Phi) is 3.40. The van der Waals surface area contributed by atoms with Gasteiger partial charge in [-0.3, -0.25) is 0 Å². The maximum atomic E-state index is 13.1. The predicted molar refractivity (Wildman–Crippen MR) is 52.1 cm³/mol. The molecule has 0 aromatic heterocycles. The molecular weight excluding hydrogens is 183 g/mol. The zero-order valence-corrected chi connectivity index (χ0v) is 8.08. The highest BCUT2D eigenvalue weighted by molar-refractivity contribution is 5.92. The van der Waals surface area contributed by atoms with Gasteiger partial charge in [-0.15, -0.1) is 0 Å². The van der Waals surface area contributed by atoms with Crippen LogP contribution in [0, 0.1) is 5.82 Å². The molecule has 0 fully saturated rings. The van der Waals surface area contributed by atoms with Crippen molar-refractivity contribution in [2.75, 3.05) is 7.11 Å². The largest absolute Gasteiger partial charge is 0.466 e. The molecule has 1 rings (SSSR count). The number of carbonyl (C=O) groups excluding carboxylic acids is 1. The summed E-state index contributed by atoms with van der Waals surface area (Å²) in [4.78, 5) is 11.0. The molecule has 0 spiro atoms. The van der Waals surface area contributed by atoms with Crippen molar-refractivity contribution in [3.8, 4) is 0 Å². The molecule has 0 saturated carbocycles. The van der Waals surface area contributed by atoms with E-state index in [2.05, 4.69) is 4.74 Å². The van der Waals surface area contributed by atoms with Crippen molar-refractivity contribution in [1.82, 2.24) is 0 Å². The van der Waals surface area contributed by atoms with Gasteiger partial charge in [-0.05, 0) is 19.1 Å². The molecule has 2 nitrogen and oxygen atoms in total. The number of hydrogen-bond donors (Lipinski definition) is 0. The monoisotopic (exact) mass is 194 g/mol. The second-order valence-corrected chi connectivity index (χ2v) is 2.84. The summed E-state index contributed by atoms with van der Waals surface area (Å²) in [6.07, 6.45) is 1.46. The molecule has 0 aliphatic heterocycles. The van der Waals surface area contributed by atoms with Crippen LogP contribution < -0.4 is 0 Å². The standard InChI is InChI=1S/C11H11FO2/c1-8(11(13)14-2)7-9-5-3-4-6-10(9)12/h3-7H,1-2H3/b8-7+. The second-order valence-electron chi connectivity index (χ2n) is 2.84. The molecule has 0 saturated heterocycles. The summed E-state index contributed by atoms with van der Waals surface area (Å²) in [6, 6.07) is 6.25. The van der Waals surface area contributed by atoms with Gasteiger partial charge in [0.15, 0.2) is 0 Å². The molecule has 3 heteroatoms. The average molecular weight is 194 g/mol. The van der Waals surface area contributed by atoms with Gasteiger partial charge in [-0.2, -0.15) is 0 Å². The van der Waals surface area contributed by atoms with Crippen LogP contribution in [0.2, 0.25) is 0 Å². The molecule has 0 aliphatic carbocycles. The molecule has 1 aromatic rings. The Balaban J connectivity index is 2.97. The van der Waals surface area contributed by atoms with Crippen LogP contribution in [0.25, 0.3) is 6.08 Å². The smallest absolute Gasteiger partial charge is 0.333 e. The number of benzene rings is 1. The first-order chi connectivity index (χ1) is 6.65. The summed E-state index contributed by atoms with van der Waals surface area (Å²) in [7, 11) is 1.29. The number of methoxy groups -OCH3 is 1. The van der Waals surface area contributed by atoms with Crippen molar-refractivity contribution < 1.29 is 13.9 Å². The number of esters is 1.